The zero-order valence-corrected chi connectivity index (χ0v) is 27.7. The fourth-order valence-electron chi connectivity index (χ4n) is 6.40. The highest BCUT2D eigenvalue weighted by molar-refractivity contribution is 7.20. The van der Waals surface area contributed by atoms with Gasteiger partial charge in [0, 0.05) is 26.7 Å². The number of hydrogen-bond donors (Lipinski definition) is 1. The van der Waals surface area contributed by atoms with E-state index in [0.29, 0.717) is 68.6 Å². The van der Waals surface area contributed by atoms with Crippen molar-refractivity contribution in [1.82, 2.24) is 19.4 Å². The summed E-state index contributed by atoms with van der Waals surface area (Å²) in [6.45, 7) is 6.60. The molecule has 0 aliphatic carbocycles. The van der Waals surface area contributed by atoms with Gasteiger partial charge in [-0.2, -0.15) is 13.2 Å². The van der Waals surface area contributed by atoms with E-state index in [4.69, 9.17) is 16.3 Å². The molecule has 0 radical (unpaired) electrons. The standard InChI is InChI=1S/C34H32ClF3N4O4S/c1-17-13-24(31-30(39-17)29(33(44)45)18(2)47-31)23-14-21(35)5-6-28(23)46-12-11-42-19(3)40-27-16-26(34(36,37)38)22(15-25(27)32(42)43)20-7-9-41(4)10-8-20/h5-6,13-16,20H,7-12H2,1-4H3,(H,44,45). The van der Waals surface area contributed by atoms with Gasteiger partial charge in [0.25, 0.3) is 5.56 Å². The minimum absolute atomic E-state index is 0.0118. The molecule has 2 aromatic carbocycles. The van der Waals surface area contributed by atoms with Crippen LogP contribution in [0, 0.1) is 20.8 Å². The van der Waals surface area contributed by atoms with Crippen molar-refractivity contribution >= 4 is 50.0 Å². The average molecular weight is 685 g/mol. The van der Waals surface area contributed by atoms with E-state index in [1.807, 2.05) is 13.1 Å². The van der Waals surface area contributed by atoms with Crippen LogP contribution in [0.15, 0.2) is 41.2 Å². The smallest absolute Gasteiger partial charge is 0.416 e. The fourth-order valence-corrected chi connectivity index (χ4v) is 7.69. The lowest BCUT2D eigenvalue weighted by atomic mass is 9.85. The number of rotatable bonds is 7. The molecule has 13 heteroatoms. The number of thiophene rings is 1. The molecule has 0 bridgehead atoms. The minimum Gasteiger partial charge on any atom is -0.491 e. The third-order valence-corrected chi connectivity index (χ3v) is 10.1. The average Bonchev–Trinajstić information content (AvgIpc) is 3.34. The molecule has 0 spiro atoms. The van der Waals surface area contributed by atoms with Gasteiger partial charge in [0.05, 0.1) is 38.8 Å². The van der Waals surface area contributed by atoms with Crippen molar-refractivity contribution in [2.24, 2.45) is 0 Å². The monoisotopic (exact) mass is 684 g/mol. The van der Waals surface area contributed by atoms with E-state index in [2.05, 4.69) is 14.9 Å². The van der Waals surface area contributed by atoms with E-state index in [1.165, 1.54) is 22.0 Å². The number of aryl methyl sites for hydroxylation is 3. The number of carbonyl (C=O) groups is 1. The first kappa shape index (κ1) is 32.9. The molecule has 0 unspecified atom stereocenters. The van der Waals surface area contributed by atoms with Gasteiger partial charge in [-0.15, -0.1) is 11.3 Å². The summed E-state index contributed by atoms with van der Waals surface area (Å²) in [5.74, 6) is -0.638. The molecule has 3 aromatic heterocycles. The van der Waals surface area contributed by atoms with Gasteiger partial charge in [0.1, 0.15) is 18.2 Å². The first-order valence-electron chi connectivity index (χ1n) is 15.1. The molecule has 5 aromatic rings. The summed E-state index contributed by atoms with van der Waals surface area (Å²) < 4.78 is 50.9. The molecule has 0 atom stereocenters. The number of benzene rings is 2. The third kappa shape index (κ3) is 6.33. The Kier molecular flexibility index (Phi) is 8.79. The first-order valence-corrected chi connectivity index (χ1v) is 16.3. The molecule has 246 valence electrons. The largest absolute Gasteiger partial charge is 0.491 e. The van der Waals surface area contributed by atoms with Gasteiger partial charge < -0.3 is 14.7 Å². The summed E-state index contributed by atoms with van der Waals surface area (Å²) in [5.41, 5.74) is 1.49. The molecule has 6 rings (SSSR count). The predicted octanol–water partition coefficient (Wildman–Crippen LogP) is 7.86. The second-order valence-electron chi connectivity index (χ2n) is 12.0. The molecular formula is C34H32ClF3N4O4S. The maximum Gasteiger partial charge on any atom is 0.416 e. The van der Waals surface area contributed by atoms with Crippen LogP contribution in [0.5, 0.6) is 5.75 Å². The molecule has 0 amide bonds. The Balaban J connectivity index is 1.34. The number of halogens is 4. The minimum atomic E-state index is -4.57. The number of ether oxygens (including phenoxy) is 1. The number of pyridine rings is 1. The zero-order chi connectivity index (χ0) is 33.8. The predicted molar refractivity (Wildman–Crippen MR) is 177 cm³/mol. The van der Waals surface area contributed by atoms with Crippen molar-refractivity contribution in [3.63, 3.8) is 0 Å². The maximum absolute atomic E-state index is 14.2. The lowest BCUT2D eigenvalue weighted by molar-refractivity contribution is -0.138. The van der Waals surface area contributed by atoms with Crippen molar-refractivity contribution in [2.75, 3.05) is 26.7 Å². The lowest BCUT2D eigenvalue weighted by Gasteiger charge is -2.31. The normalized spacial score (nSPS) is 14.7. The number of carboxylic acids is 1. The highest BCUT2D eigenvalue weighted by Crippen LogP contribution is 2.42. The van der Waals surface area contributed by atoms with Gasteiger partial charge in [-0.3, -0.25) is 14.3 Å². The van der Waals surface area contributed by atoms with Gasteiger partial charge in [-0.1, -0.05) is 11.6 Å². The summed E-state index contributed by atoms with van der Waals surface area (Å²) in [6, 6.07) is 9.37. The summed E-state index contributed by atoms with van der Waals surface area (Å²) in [6.07, 6.45) is -3.43. The molecule has 0 saturated carbocycles. The van der Waals surface area contributed by atoms with Crippen LogP contribution in [0.2, 0.25) is 5.02 Å². The van der Waals surface area contributed by atoms with Gasteiger partial charge >= 0.3 is 12.1 Å². The number of nitrogens with zero attached hydrogens (tertiary/aromatic N) is 4. The van der Waals surface area contributed by atoms with Crippen molar-refractivity contribution in [3.8, 4) is 16.9 Å². The number of likely N-dealkylation sites (tertiary alicyclic amines) is 1. The van der Waals surface area contributed by atoms with E-state index in [0.717, 1.165) is 6.07 Å². The molecule has 1 fully saturated rings. The quantitative estimate of drug-likeness (QED) is 0.186. The van der Waals surface area contributed by atoms with E-state index < -0.39 is 23.3 Å². The van der Waals surface area contributed by atoms with Crippen molar-refractivity contribution in [2.45, 2.75) is 52.3 Å². The summed E-state index contributed by atoms with van der Waals surface area (Å²) in [4.78, 5) is 37.4. The number of alkyl halides is 3. The maximum atomic E-state index is 14.2. The summed E-state index contributed by atoms with van der Waals surface area (Å²) >= 11 is 7.72. The number of aromatic nitrogens is 3. The molecule has 4 heterocycles. The van der Waals surface area contributed by atoms with Crippen LogP contribution >= 0.6 is 22.9 Å². The Morgan fingerprint density at radius 3 is 2.49 bits per heavy atom. The van der Waals surface area contributed by atoms with E-state index in [-0.39, 0.29) is 46.9 Å². The Bertz CT molecular complexity index is 2100. The molecule has 1 saturated heterocycles. The topological polar surface area (TPSA) is 97.6 Å². The molecule has 8 nitrogen and oxygen atoms in total. The van der Waals surface area contributed by atoms with Crippen molar-refractivity contribution < 1.29 is 27.8 Å². The Morgan fingerprint density at radius 2 is 1.81 bits per heavy atom. The Hall–Kier alpha value is -4.00. The fraction of sp³-hybridized carbons (Fsp3) is 0.353. The Morgan fingerprint density at radius 1 is 1.09 bits per heavy atom. The van der Waals surface area contributed by atoms with E-state index in [1.54, 1.807) is 39.0 Å². The summed E-state index contributed by atoms with van der Waals surface area (Å²) in [5, 5.41) is 10.4. The number of aromatic carboxylic acids is 1. The SMILES string of the molecule is Cc1cc(-c2cc(Cl)ccc2OCCn2c(C)nc3cc(C(F)(F)F)c(C4CCN(C)CC4)cc3c2=O)c2sc(C)c(C(=O)O)c2n1. The van der Waals surface area contributed by atoms with E-state index >= 15 is 0 Å². The lowest BCUT2D eigenvalue weighted by Crippen LogP contribution is -2.30. The second kappa shape index (κ2) is 12.6. The molecule has 1 N–H and O–H groups in total. The number of carboxylic acid groups (broad SMARTS) is 1. The highest BCUT2D eigenvalue weighted by Gasteiger charge is 2.37. The van der Waals surface area contributed by atoms with Gasteiger partial charge in [-0.25, -0.2) is 9.78 Å². The van der Waals surface area contributed by atoms with Crippen LogP contribution in [-0.2, 0) is 12.7 Å². The molecule has 1 aliphatic rings. The van der Waals surface area contributed by atoms with Crippen LogP contribution in [0.3, 0.4) is 0 Å². The number of hydrogen-bond acceptors (Lipinski definition) is 7. The van der Waals surface area contributed by atoms with Crippen LogP contribution in [0.25, 0.3) is 32.2 Å². The van der Waals surface area contributed by atoms with Crippen LogP contribution in [0.1, 0.15) is 56.6 Å². The zero-order valence-electron chi connectivity index (χ0n) is 26.2. The first-order chi connectivity index (χ1) is 22.2. The van der Waals surface area contributed by atoms with Crippen molar-refractivity contribution in [3.05, 3.63) is 84.9 Å². The van der Waals surface area contributed by atoms with Gasteiger partial charge in [0.15, 0.2) is 0 Å². The van der Waals surface area contributed by atoms with Crippen LogP contribution < -0.4 is 10.3 Å². The third-order valence-electron chi connectivity index (χ3n) is 8.74. The number of piperidine rings is 1. The van der Waals surface area contributed by atoms with Crippen LogP contribution in [0.4, 0.5) is 13.2 Å². The second-order valence-corrected chi connectivity index (χ2v) is 13.6. The Labute approximate surface area is 277 Å². The molecule has 47 heavy (non-hydrogen) atoms. The summed E-state index contributed by atoms with van der Waals surface area (Å²) in [7, 11) is 1.94. The molecular weight excluding hydrogens is 653 g/mol. The van der Waals surface area contributed by atoms with Crippen molar-refractivity contribution in [1.29, 1.82) is 0 Å². The van der Waals surface area contributed by atoms with E-state index in [9.17, 15) is 27.9 Å². The molecule has 1 aliphatic heterocycles. The van der Waals surface area contributed by atoms with Gasteiger partial charge in [-0.05, 0) is 102 Å². The highest BCUT2D eigenvalue weighted by atomic mass is 35.5. The number of fused-ring (bicyclic) bond motifs is 2. The van der Waals surface area contributed by atoms with Crippen LogP contribution in [-0.4, -0.2) is 57.3 Å². The van der Waals surface area contributed by atoms with Gasteiger partial charge in [0.2, 0.25) is 0 Å².